The van der Waals surface area contributed by atoms with Gasteiger partial charge in [-0.15, -0.1) is 0 Å². The minimum atomic E-state index is -0.0188. The van der Waals surface area contributed by atoms with Crippen LogP contribution in [0.5, 0.6) is 0 Å². The number of anilines is 1. The van der Waals surface area contributed by atoms with Crippen LogP contribution in [-0.2, 0) is 6.42 Å². The number of hydrogen-bond donors (Lipinski definition) is 2. The fourth-order valence-electron chi connectivity index (χ4n) is 2.37. The maximum Gasteiger partial charge on any atom is 0.237 e. The van der Waals surface area contributed by atoms with Gasteiger partial charge in [-0.2, -0.15) is 5.10 Å². The fraction of sp³-hybridized carbons (Fsp3) is 0.143. The first kappa shape index (κ1) is 11.5. The van der Waals surface area contributed by atoms with Gasteiger partial charge in [0.05, 0.1) is 17.6 Å². The molecule has 1 aromatic carbocycles. The standard InChI is InChI=1S/C14H14N4O/c1-9-7-10-3-2-4-12(15)14(10)18(9)13(19)8-11-5-6-16-17-11/h2-7H,8,15H2,1H3,(H,16,17). The average Bonchev–Trinajstić information content (AvgIpc) is 2.96. The number of benzene rings is 1. The lowest BCUT2D eigenvalue weighted by atomic mass is 10.2. The lowest BCUT2D eigenvalue weighted by Gasteiger charge is -2.07. The number of fused-ring (bicyclic) bond motifs is 1. The number of nitrogen functional groups attached to an aromatic ring is 1. The van der Waals surface area contributed by atoms with E-state index in [0.29, 0.717) is 5.69 Å². The number of nitrogens with two attached hydrogens (primary N) is 1. The Balaban J connectivity index is 2.09. The number of aryl methyl sites for hydroxylation is 1. The van der Waals surface area contributed by atoms with E-state index in [9.17, 15) is 4.79 Å². The SMILES string of the molecule is Cc1cc2cccc(N)c2n1C(=O)Cc1ccn[nH]1. The number of nitrogens with one attached hydrogen (secondary N) is 1. The Labute approximate surface area is 110 Å². The van der Waals surface area contributed by atoms with Gasteiger partial charge in [-0.1, -0.05) is 12.1 Å². The van der Waals surface area contributed by atoms with Gasteiger partial charge >= 0.3 is 0 Å². The molecule has 0 radical (unpaired) electrons. The average molecular weight is 254 g/mol. The summed E-state index contributed by atoms with van der Waals surface area (Å²) in [6.07, 6.45) is 1.91. The van der Waals surface area contributed by atoms with Crippen molar-refractivity contribution in [1.82, 2.24) is 14.8 Å². The lowest BCUT2D eigenvalue weighted by Crippen LogP contribution is -2.15. The summed E-state index contributed by atoms with van der Waals surface area (Å²) in [5.74, 6) is -0.0188. The van der Waals surface area contributed by atoms with Crippen LogP contribution in [0, 0.1) is 6.92 Å². The van der Waals surface area contributed by atoms with Crippen molar-refractivity contribution in [2.45, 2.75) is 13.3 Å². The molecular formula is C14H14N4O. The number of aromatic nitrogens is 3. The van der Waals surface area contributed by atoms with Gasteiger partial charge < -0.3 is 5.73 Å². The topological polar surface area (TPSA) is 76.7 Å². The van der Waals surface area contributed by atoms with Crippen molar-refractivity contribution in [2.24, 2.45) is 0 Å². The van der Waals surface area contributed by atoms with Gasteiger partial charge in [-0.25, -0.2) is 0 Å². The third-order valence-corrected chi connectivity index (χ3v) is 3.19. The molecule has 0 fully saturated rings. The van der Waals surface area contributed by atoms with Crippen LogP contribution in [0.4, 0.5) is 5.69 Å². The zero-order valence-corrected chi connectivity index (χ0v) is 10.6. The number of aromatic amines is 1. The van der Waals surface area contributed by atoms with Crippen LogP contribution < -0.4 is 5.73 Å². The second kappa shape index (κ2) is 4.28. The van der Waals surface area contributed by atoms with E-state index in [1.807, 2.05) is 31.2 Å². The summed E-state index contributed by atoms with van der Waals surface area (Å²) >= 11 is 0. The van der Waals surface area contributed by atoms with Crippen LogP contribution in [0.1, 0.15) is 16.2 Å². The van der Waals surface area contributed by atoms with Gasteiger partial charge in [0.1, 0.15) is 0 Å². The Bertz CT molecular complexity index is 740. The van der Waals surface area contributed by atoms with Crippen LogP contribution >= 0.6 is 0 Å². The number of para-hydroxylation sites is 1. The molecular weight excluding hydrogens is 240 g/mol. The maximum absolute atomic E-state index is 12.4. The number of nitrogens with zero attached hydrogens (tertiary/aromatic N) is 2. The molecule has 3 N–H and O–H groups in total. The van der Waals surface area contributed by atoms with Gasteiger partial charge in [0.15, 0.2) is 0 Å². The highest BCUT2D eigenvalue weighted by Crippen LogP contribution is 2.25. The van der Waals surface area contributed by atoms with Crippen molar-refractivity contribution in [3.63, 3.8) is 0 Å². The normalized spacial score (nSPS) is 11.0. The number of rotatable bonds is 2. The van der Waals surface area contributed by atoms with Gasteiger partial charge in [0.25, 0.3) is 0 Å². The van der Waals surface area contributed by atoms with Crippen LogP contribution in [0.2, 0.25) is 0 Å². The quantitative estimate of drug-likeness (QED) is 0.688. The first-order chi connectivity index (χ1) is 9.16. The molecule has 0 aliphatic carbocycles. The summed E-state index contributed by atoms with van der Waals surface area (Å²) in [7, 11) is 0. The fourth-order valence-corrected chi connectivity index (χ4v) is 2.37. The van der Waals surface area contributed by atoms with Crippen molar-refractivity contribution in [3.8, 4) is 0 Å². The molecule has 0 spiro atoms. The highest BCUT2D eigenvalue weighted by atomic mass is 16.2. The summed E-state index contributed by atoms with van der Waals surface area (Å²) in [6.45, 7) is 1.91. The van der Waals surface area contributed by atoms with Crippen LogP contribution in [-0.4, -0.2) is 20.7 Å². The van der Waals surface area contributed by atoms with E-state index >= 15 is 0 Å². The van der Waals surface area contributed by atoms with E-state index in [1.54, 1.807) is 16.8 Å². The van der Waals surface area contributed by atoms with E-state index in [2.05, 4.69) is 10.2 Å². The number of carbonyl (C=O) groups is 1. The van der Waals surface area contributed by atoms with E-state index in [-0.39, 0.29) is 12.3 Å². The summed E-state index contributed by atoms with van der Waals surface area (Å²) in [6, 6.07) is 9.42. The van der Waals surface area contributed by atoms with Crippen molar-refractivity contribution < 1.29 is 4.79 Å². The predicted molar refractivity (Wildman–Crippen MR) is 74.0 cm³/mol. The molecule has 5 nitrogen and oxygen atoms in total. The van der Waals surface area contributed by atoms with E-state index in [0.717, 1.165) is 22.3 Å². The second-order valence-corrected chi connectivity index (χ2v) is 4.56. The third-order valence-electron chi connectivity index (χ3n) is 3.19. The van der Waals surface area contributed by atoms with Crippen LogP contribution in [0.15, 0.2) is 36.5 Å². The molecule has 3 rings (SSSR count). The zero-order valence-electron chi connectivity index (χ0n) is 10.6. The zero-order chi connectivity index (χ0) is 13.4. The molecule has 0 aliphatic rings. The monoisotopic (exact) mass is 254 g/mol. The van der Waals surface area contributed by atoms with Gasteiger partial charge in [0, 0.05) is 23.0 Å². The van der Waals surface area contributed by atoms with Crippen molar-refractivity contribution >= 4 is 22.5 Å². The Morgan fingerprint density at radius 2 is 2.26 bits per heavy atom. The first-order valence-electron chi connectivity index (χ1n) is 6.05. The summed E-state index contributed by atoms with van der Waals surface area (Å²) in [5.41, 5.74) is 9.06. The smallest absolute Gasteiger partial charge is 0.237 e. The molecule has 0 bridgehead atoms. The largest absolute Gasteiger partial charge is 0.397 e. The van der Waals surface area contributed by atoms with Crippen molar-refractivity contribution in [1.29, 1.82) is 0 Å². The maximum atomic E-state index is 12.4. The summed E-state index contributed by atoms with van der Waals surface area (Å²) < 4.78 is 1.67. The number of hydrogen-bond acceptors (Lipinski definition) is 3. The Hall–Kier alpha value is -2.56. The third kappa shape index (κ3) is 1.89. The van der Waals surface area contributed by atoms with E-state index < -0.39 is 0 Å². The molecule has 3 aromatic rings. The van der Waals surface area contributed by atoms with Crippen molar-refractivity contribution in [3.05, 3.63) is 47.9 Å². The van der Waals surface area contributed by atoms with Gasteiger partial charge in [0.2, 0.25) is 5.91 Å². The minimum Gasteiger partial charge on any atom is -0.397 e. The molecule has 19 heavy (non-hydrogen) atoms. The van der Waals surface area contributed by atoms with Crippen LogP contribution in [0.25, 0.3) is 10.9 Å². The van der Waals surface area contributed by atoms with E-state index in [1.165, 1.54) is 0 Å². The van der Waals surface area contributed by atoms with E-state index in [4.69, 9.17) is 5.73 Å². The Morgan fingerprint density at radius 1 is 1.42 bits per heavy atom. The number of H-pyrrole nitrogens is 1. The molecule has 2 aromatic heterocycles. The first-order valence-corrected chi connectivity index (χ1v) is 6.05. The summed E-state index contributed by atoms with van der Waals surface area (Å²) in [4.78, 5) is 12.4. The van der Waals surface area contributed by atoms with Crippen molar-refractivity contribution in [2.75, 3.05) is 5.73 Å². The highest BCUT2D eigenvalue weighted by Gasteiger charge is 2.15. The molecule has 5 heteroatoms. The molecule has 96 valence electrons. The number of carbonyl (C=O) groups excluding carboxylic acids is 1. The molecule has 2 heterocycles. The van der Waals surface area contributed by atoms with Crippen LogP contribution in [0.3, 0.4) is 0 Å². The minimum absolute atomic E-state index is 0.0188. The summed E-state index contributed by atoms with van der Waals surface area (Å²) in [5, 5.41) is 7.63. The highest BCUT2D eigenvalue weighted by molar-refractivity contribution is 6.00. The molecule has 0 saturated carbocycles. The Kier molecular flexibility index (Phi) is 2.59. The molecule has 0 amide bonds. The Morgan fingerprint density at radius 3 is 3.00 bits per heavy atom. The molecule has 0 aliphatic heterocycles. The lowest BCUT2D eigenvalue weighted by molar-refractivity contribution is 0.0916. The molecule has 0 saturated heterocycles. The second-order valence-electron chi connectivity index (χ2n) is 4.56. The predicted octanol–water partition coefficient (Wildman–Crippen LogP) is 2.14. The molecule has 0 atom stereocenters. The van der Waals surface area contributed by atoms with Gasteiger partial charge in [-0.3, -0.25) is 14.5 Å². The van der Waals surface area contributed by atoms with Gasteiger partial charge in [-0.05, 0) is 25.1 Å². The molecule has 0 unspecified atom stereocenters.